The van der Waals surface area contributed by atoms with Gasteiger partial charge < -0.3 is 9.47 Å². The Balaban J connectivity index is 1.93. The maximum Gasteiger partial charge on any atom is 0.155 e. The molecule has 0 aliphatic carbocycles. The first-order chi connectivity index (χ1) is 16.0. The summed E-state index contributed by atoms with van der Waals surface area (Å²) in [6.07, 6.45) is 1.39. The van der Waals surface area contributed by atoms with Crippen LogP contribution in [0.25, 0.3) is 10.9 Å². The number of pyridine rings is 1. The number of aromatic nitrogens is 2. The number of benzene rings is 2. The molecule has 0 aliphatic rings. The van der Waals surface area contributed by atoms with Crippen molar-refractivity contribution in [2.45, 2.75) is 53.2 Å². The first kappa shape index (κ1) is 23.1. The monoisotopic (exact) mass is 459 g/mol. The lowest BCUT2D eigenvalue weighted by Crippen LogP contribution is -2.24. The molecular weight excluding hydrogens is 430 g/mol. The smallest absolute Gasteiger partial charge is 0.155 e. The first-order valence-electron chi connectivity index (χ1n) is 11.5. The van der Waals surface area contributed by atoms with Crippen LogP contribution in [0.2, 0.25) is 5.15 Å². The van der Waals surface area contributed by atoms with Gasteiger partial charge in [0.1, 0.15) is 10.9 Å². The van der Waals surface area contributed by atoms with Crippen LogP contribution in [0.4, 0.5) is 5.82 Å². The van der Waals surface area contributed by atoms with Crippen molar-refractivity contribution in [2.24, 2.45) is 0 Å². The van der Waals surface area contributed by atoms with Crippen molar-refractivity contribution in [1.82, 2.24) is 9.55 Å². The molecule has 2 aromatic heterocycles. The van der Waals surface area contributed by atoms with E-state index in [9.17, 15) is 4.79 Å². The van der Waals surface area contributed by atoms with E-state index in [0.717, 1.165) is 40.9 Å². The third kappa shape index (κ3) is 5.12. The van der Waals surface area contributed by atoms with E-state index in [1.807, 2.05) is 18.2 Å². The number of hydrogen-bond donors (Lipinski definition) is 0. The molecule has 0 fully saturated rings. The van der Waals surface area contributed by atoms with Gasteiger partial charge in [-0.25, -0.2) is 4.98 Å². The van der Waals surface area contributed by atoms with E-state index in [-0.39, 0.29) is 5.78 Å². The van der Waals surface area contributed by atoms with Crippen LogP contribution in [0.5, 0.6) is 0 Å². The van der Waals surface area contributed by atoms with Crippen LogP contribution >= 0.6 is 11.6 Å². The Morgan fingerprint density at radius 2 is 1.58 bits per heavy atom. The molecule has 2 heterocycles. The first-order valence-corrected chi connectivity index (χ1v) is 11.9. The van der Waals surface area contributed by atoms with Gasteiger partial charge in [-0.2, -0.15) is 0 Å². The molecule has 0 amide bonds. The number of hydrogen-bond acceptors (Lipinski definition) is 3. The number of rotatable bonds is 9. The Bertz CT molecular complexity index is 1210. The molecule has 4 nitrogen and oxygen atoms in total. The minimum Gasteiger partial charge on any atom is -0.346 e. The van der Waals surface area contributed by atoms with Crippen LogP contribution in [0.15, 0.2) is 66.7 Å². The third-order valence-corrected chi connectivity index (χ3v) is 6.18. The summed E-state index contributed by atoms with van der Waals surface area (Å²) in [5.41, 5.74) is 5.64. The summed E-state index contributed by atoms with van der Waals surface area (Å²) in [7, 11) is 0. The van der Waals surface area contributed by atoms with Gasteiger partial charge in [0, 0.05) is 37.1 Å². The molecule has 4 rings (SSSR count). The molecule has 5 heteroatoms. The predicted molar refractivity (Wildman–Crippen MR) is 137 cm³/mol. The average Bonchev–Trinajstić information content (AvgIpc) is 3.05. The van der Waals surface area contributed by atoms with E-state index in [4.69, 9.17) is 16.6 Å². The highest BCUT2D eigenvalue weighted by atomic mass is 35.5. The summed E-state index contributed by atoms with van der Waals surface area (Å²) >= 11 is 6.59. The highest BCUT2D eigenvalue weighted by Crippen LogP contribution is 2.36. The van der Waals surface area contributed by atoms with Gasteiger partial charge >= 0.3 is 0 Å². The van der Waals surface area contributed by atoms with Crippen LogP contribution in [0.3, 0.4) is 0 Å². The molecule has 4 aromatic rings. The number of aryl methyl sites for hydroxylation is 1. The molecule has 0 bridgehead atoms. The Morgan fingerprint density at radius 3 is 2.09 bits per heavy atom. The van der Waals surface area contributed by atoms with Crippen molar-refractivity contribution < 1.29 is 4.79 Å². The van der Waals surface area contributed by atoms with Crippen molar-refractivity contribution in [3.05, 3.63) is 94.3 Å². The number of Topliss-reactive ketones (excluding diaryl/α,β-unsaturated/α-hetero) is 1. The van der Waals surface area contributed by atoms with Crippen molar-refractivity contribution in [2.75, 3.05) is 4.90 Å². The van der Waals surface area contributed by atoms with Crippen molar-refractivity contribution in [3.63, 3.8) is 0 Å². The minimum absolute atomic E-state index is 0.147. The average molecular weight is 460 g/mol. The number of carbonyl (C=O) groups excluding carboxylic acids is 1. The largest absolute Gasteiger partial charge is 0.346 e. The van der Waals surface area contributed by atoms with Crippen LogP contribution in [0, 0.1) is 6.92 Å². The van der Waals surface area contributed by atoms with E-state index in [0.29, 0.717) is 24.7 Å². The van der Waals surface area contributed by atoms with Crippen LogP contribution in [-0.2, 0) is 30.8 Å². The summed E-state index contributed by atoms with van der Waals surface area (Å²) < 4.78 is 2.31. The summed E-state index contributed by atoms with van der Waals surface area (Å²) in [6.45, 7) is 8.19. The number of nitrogens with zero attached hydrogens (tertiary/aromatic N) is 3. The molecule has 170 valence electrons. The maximum absolute atomic E-state index is 12.1. The topological polar surface area (TPSA) is 38.1 Å². The minimum atomic E-state index is 0.147. The fourth-order valence-electron chi connectivity index (χ4n) is 4.52. The second-order valence-corrected chi connectivity index (χ2v) is 8.97. The van der Waals surface area contributed by atoms with Crippen molar-refractivity contribution in [3.8, 4) is 0 Å². The second kappa shape index (κ2) is 10.2. The molecule has 0 spiro atoms. The van der Waals surface area contributed by atoms with Gasteiger partial charge in [-0.1, -0.05) is 79.2 Å². The SMILES string of the molecule is CCCn1c(C)c(CC(C)=O)c2cc(Cl)nc(N(Cc3ccccc3)Cc3ccccc3)c21. The lowest BCUT2D eigenvalue weighted by molar-refractivity contribution is -0.116. The zero-order valence-corrected chi connectivity index (χ0v) is 20.3. The Labute approximate surface area is 200 Å². The van der Waals surface area contributed by atoms with E-state index in [1.165, 1.54) is 11.1 Å². The molecular formula is C28H30ClN3O. The van der Waals surface area contributed by atoms with E-state index in [1.54, 1.807) is 6.92 Å². The number of ketones is 1. The van der Waals surface area contributed by atoms with Gasteiger partial charge in [-0.05, 0) is 43.0 Å². The number of carbonyl (C=O) groups is 1. The summed E-state index contributed by atoms with van der Waals surface area (Å²) in [5, 5.41) is 1.47. The predicted octanol–water partition coefficient (Wildman–Crippen LogP) is 6.75. The molecule has 0 aliphatic heterocycles. The van der Waals surface area contributed by atoms with Gasteiger partial charge in [0.25, 0.3) is 0 Å². The zero-order valence-electron chi connectivity index (χ0n) is 19.5. The second-order valence-electron chi connectivity index (χ2n) is 8.59. The van der Waals surface area contributed by atoms with Crippen LogP contribution < -0.4 is 4.90 Å². The zero-order chi connectivity index (χ0) is 23.4. The van der Waals surface area contributed by atoms with Gasteiger partial charge in [0.15, 0.2) is 5.82 Å². The fraction of sp³-hybridized carbons (Fsp3) is 0.286. The van der Waals surface area contributed by atoms with Crippen LogP contribution in [-0.4, -0.2) is 15.3 Å². The van der Waals surface area contributed by atoms with E-state index in [2.05, 4.69) is 71.8 Å². The van der Waals surface area contributed by atoms with Gasteiger partial charge in [0.05, 0.1) is 5.52 Å². The number of fused-ring (bicyclic) bond motifs is 1. The standard InChI is InChI=1S/C28H30ClN3O/c1-4-15-32-21(3)24(16-20(2)33)25-17-26(29)30-28(27(25)32)31(18-22-11-7-5-8-12-22)19-23-13-9-6-10-14-23/h5-14,17H,4,15-16,18-19H2,1-3H3. The van der Waals surface area contributed by atoms with Gasteiger partial charge in [-0.3, -0.25) is 4.79 Å². The molecule has 0 N–H and O–H groups in total. The highest BCUT2D eigenvalue weighted by molar-refractivity contribution is 6.30. The quantitative estimate of drug-likeness (QED) is 0.260. The fourth-order valence-corrected chi connectivity index (χ4v) is 4.71. The van der Waals surface area contributed by atoms with Crippen molar-refractivity contribution >= 4 is 34.1 Å². The van der Waals surface area contributed by atoms with Crippen LogP contribution in [0.1, 0.15) is 42.7 Å². The molecule has 2 aromatic carbocycles. The molecule has 0 saturated carbocycles. The normalized spacial score (nSPS) is 11.2. The summed E-state index contributed by atoms with van der Waals surface area (Å²) in [6, 6.07) is 22.8. The molecule has 0 saturated heterocycles. The lowest BCUT2D eigenvalue weighted by Gasteiger charge is -2.26. The number of anilines is 1. The Kier molecular flexibility index (Phi) is 7.14. The van der Waals surface area contributed by atoms with E-state index < -0.39 is 0 Å². The Hall–Kier alpha value is -3.11. The van der Waals surface area contributed by atoms with E-state index >= 15 is 0 Å². The van der Waals surface area contributed by atoms with Crippen molar-refractivity contribution in [1.29, 1.82) is 0 Å². The lowest BCUT2D eigenvalue weighted by atomic mass is 10.1. The molecule has 0 radical (unpaired) electrons. The van der Waals surface area contributed by atoms with Gasteiger partial charge in [0.2, 0.25) is 0 Å². The highest BCUT2D eigenvalue weighted by Gasteiger charge is 2.23. The Morgan fingerprint density at radius 1 is 1.00 bits per heavy atom. The molecule has 0 unspecified atom stereocenters. The molecule has 0 atom stereocenters. The molecule has 33 heavy (non-hydrogen) atoms. The summed E-state index contributed by atoms with van der Waals surface area (Å²) in [4.78, 5) is 19.2. The number of halogens is 1. The third-order valence-electron chi connectivity index (χ3n) is 5.98. The van der Waals surface area contributed by atoms with Gasteiger partial charge in [-0.15, -0.1) is 0 Å². The summed E-state index contributed by atoms with van der Waals surface area (Å²) in [5.74, 6) is 1.00. The maximum atomic E-state index is 12.1.